The zero-order valence-electron chi connectivity index (χ0n) is 23.0. The third-order valence-electron chi connectivity index (χ3n) is 6.76. The van der Waals surface area contributed by atoms with E-state index in [1.54, 1.807) is 24.3 Å². The van der Waals surface area contributed by atoms with Crippen molar-refractivity contribution in [3.05, 3.63) is 82.4 Å². The van der Waals surface area contributed by atoms with Crippen LogP contribution < -0.4 is 19.1 Å². The number of hydrogen-bond donors (Lipinski definition) is 1. The summed E-state index contributed by atoms with van der Waals surface area (Å²) in [4.78, 5) is 33.4. The number of methoxy groups -OCH3 is 1. The summed E-state index contributed by atoms with van der Waals surface area (Å²) in [5, 5.41) is 11.9. The average Bonchev–Trinajstić information content (AvgIpc) is 3.48. The summed E-state index contributed by atoms with van der Waals surface area (Å²) in [6.07, 6.45) is 0. The third kappa shape index (κ3) is 4.77. The Labute approximate surface area is 236 Å². The number of carbonyl (C=O) groups is 2. The SMILES string of the molecule is CCOc1ccc2nc(N3C(=O)C(=O)C(=C(O)c4cc(C)ccc4C)C3c3ccc(OCC)c(OC)c3)sc2c1. The van der Waals surface area contributed by atoms with E-state index in [2.05, 4.69) is 0 Å². The predicted octanol–water partition coefficient (Wildman–Crippen LogP) is 6.35. The second kappa shape index (κ2) is 11.0. The van der Waals surface area contributed by atoms with Crippen LogP contribution in [0.15, 0.2) is 60.2 Å². The summed E-state index contributed by atoms with van der Waals surface area (Å²) in [6.45, 7) is 8.49. The van der Waals surface area contributed by atoms with Crippen LogP contribution in [0.5, 0.6) is 17.2 Å². The number of aliphatic hydroxyl groups excluding tert-OH is 1. The van der Waals surface area contributed by atoms with Gasteiger partial charge in [0, 0.05) is 5.56 Å². The number of fused-ring (bicyclic) bond motifs is 1. The number of thiazole rings is 1. The highest BCUT2D eigenvalue weighted by Crippen LogP contribution is 2.46. The highest BCUT2D eigenvalue weighted by Gasteiger charge is 2.48. The molecule has 0 spiro atoms. The molecular weight excluding hydrogens is 528 g/mol. The fraction of sp³-hybridized carbons (Fsp3) is 0.258. The van der Waals surface area contributed by atoms with Gasteiger partial charge in [-0.2, -0.15) is 0 Å². The number of hydrogen-bond acceptors (Lipinski definition) is 8. The van der Waals surface area contributed by atoms with Gasteiger partial charge in [-0.15, -0.1) is 0 Å². The van der Waals surface area contributed by atoms with E-state index in [1.165, 1.54) is 23.3 Å². The Kier molecular flexibility index (Phi) is 7.49. The Morgan fingerprint density at radius 1 is 0.975 bits per heavy atom. The fourth-order valence-electron chi connectivity index (χ4n) is 4.86. The Bertz CT molecular complexity index is 1660. The van der Waals surface area contributed by atoms with Crippen LogP contribution >= 0.6 is 11.3 Å². The summed E-state index contributed by atoms with van der Waals surface area (Å²) in [6, 6.07) is 15.4. The number of aryl methyl sites for hydroxylation is 2. The number of ketones is 1. The second-order valence-corrected chi connectivity index (χ2v) is 10.4. The Morgan fingerprint density at radius 3 is 2.48 bits per heavy atom. The predicted molar refractivity (Wildman–Crippen MR) is 156 cm³/mol. The number of anilines is 1. The number of benzene rings is 3. The first-order valence-corrected chi connectivity index (χ1v) is 13.8. The molecule has 1 aliphatic heterocycles. The number of ether oxygens (including phenoxy) is 3. The van der Waals surface area contributed by atoms with Crippen molar-refractivity contribution in [2.75, 3.05) is 25.2 Å². The summed E-state index contributed by atoms with van der Waals surface area (Å²) in [5.41, 5.74) is 3.41. The van der Waals surface area contributed by atoms with Gasteiger partial charge in [0.2, 0.25) is 0 Å². The van der Waals surface area contributed by atoms with Gasteiger partial charge in [-0.05, 0) is 75.2 Å². The van der Waals surface area contributed by atoms with E-state index >= 15 is 0 Å². The third-order valence-corrected chi connectivity index (χ3v) is 7.78. The molecule has 206 valence electrons. The van der Waals surface area contributed by atoms with Crippen LogP contribution in [-0.2, 0) is 9.59 Å². The van der Waals surface area contributed by atoms with Gasteiger partial charge in [0.05, 0.1) is 42.2 Å². The van der Waals surface area contributed by atoms with Gasteiger partial charge in [-0.3, -0.25) is 14.5 Å². The maximum atomic E-state index is 13.7. The van der Waals surface area contributed by atoms with Crippen LogP contribution in [0.1, 0.15) is 42.1 Å². The van der Waals surface area contributed by atoms with Crippen LogP contribution in [0.2, 0.25) is 0 Å². The summed E-state index contributed by atoms with van der Waals surface area (Å²) < 4.78 is 17.7. The smallest absolute Gasteiger partial charge is 0.301 e. The summed E-state index contributed by atoms with van der Waals surface area (Å²) in [5.74, 6) is -0.125. The molecule has 1 unspecified atom stereocenters. The van der Waals surface area contributed by atoms with Crippen molar-refractivity contribution in [3.63, 3.8) is 0 Å². The van der Waals surface area contributed by atoms with E-state index in [-0.39, 0.29) is 11.3 Å². The molecule has 1 fully saturated rings. The van der Waals surface area contributed by atoms with Crippen LogP contribution in [0.3, 0.4) is 0 Å². The minimum atomic E-state index is -0.948. The molecular formula is C31H30N2O6S. The minimum absolute atomic E-state index is 0.0147. The monoisotopic (exact) mass is 558 g/mol. The van der Waals surface area contributed by atoms with E-state index in [0.29, 0.717) is 52.2 Å². The van der Waals surface area contributed by atoms with Crippen molar-refractivity contribution in [2.24, 2.45) is 0 Å². The Balaban J connectivity index is 1.73. The van der Waals surface area contributed by atoms with Gasteiger partial charge >= 0.3 is 5.91 Å². The fourth-order valence-corrected chi connectivity index (χ4v) is 5.88. The molecule has 1 N–H and O–H groups in total. The van der Waals surface area contributed by atoms with E-state index in [9.17, 15) is 14.7 Å². The standard InChI is InChI=1S/C31H30N2O6S/c1-6-38-20-11-12-22-25(16-20)40-31(32-22)33-27(19-10-13-23(39-7-2)24(15-19)37-5)26(29(35)30(33)36)28(34)21-14-17(3)8-9-18(21)4/h8-16,27,34H,6-7H2,1-5H3. The maximum absolute atomic E-state index is 13.7. The molecule has 1 amide bonds. The molecule has 4 aromatic rings. The van der Waals surface area contributed by atoms with Crippen molar-refractivity contribution >= 4 is 44.1 Å². The van der Waals surface area contributed by atoms with Crippen LogP contribution in [0.25, 0.3) is 16.0 Å². The number of aromatic nitrogens is 1. The first-order chi connectivity index (χ1) is 19.3. The lowest BCUT2D eigenvalue weighted by molar-refractivity contribution is -0.132. The van der Waals surface area contributed by atoms with Crippen molar-refractivity contribution in [2.45, 2.75) is 33.7 Å². The molecule has 1 saturated heterocycles. The zero-order chi connectivity index (χ0) is 28.6. The highest BCUT2D eigenvalue weighted by atomic mass is 32.1. The first-order valence-electron chi connectivity index (χ1n) is 13.0. The molecule has 1 aromatic heterocycles. The molecule has 40 heavy (non-hydrogen) atoms. The maximum Gasteiger partial charge on any atom is 0.301 e. The van der Waals surface area contributed by atoms with Crippen LogP contribution in [0.4, 0.5) is 5.13 Å². The van der Waals surface area contributed by atoms with Crippen LogP contribution in [-0.4, -0.2) is 42.1 Å². The van der Waals surface area contributed by atoms with Crippen molar-refractivity contribution < 1.29 is 28.9 Å². The average molecular weight is 559 g/mol. The lowest BCUT2D eigenvalue weighted by Gasteiger charge is -2.24. The number of carbonyl (C=O) groups excluding carboxylic acids is 2. The molecule has 1 atom stereocenters. The lowest BCUT2D eigenvalue weighted by Crippen LogP contribution is -2.29. The summed E-state index contributed by atoms with van der Waals surface area (Å²) >= 11 is 1.28. The Morgan fingerprint density at radius 2 is 1.75 bits per heavy atom. The largest absolute Gasteiger partial charge is 0.507 e. The number of aliphatic hydroxyl groups is 1. The molecule has 9 heteroatoms. The van der Waals surface area contributed by atoms with Gasteiger partial charge in [-0.1, -0.05) is 35.1 Å². The molecule has 3 aromatic carbocycles. The Hall–Kier alpha value is -4.37. The minimum Gasteiger partial charge on any atom is -0.507 e. The number of nitrogens with zero attached hydrogens (tertiary/aromatic N) is 2. The van der Waals surface area contributed by atoms with Gasteiger partial charge in [-0.25, -0.2) is 4.98 Å². The molecule has 1 aliphatic rings. The molecule has 0 saturated carbocycles. The van der Waals surface area contributed by atoms with Crippen molar-refractivity contribution in [3.8, 4) is 17.2 Å². The quantitative estimate of drug-likeness (QED) is 0.153. The van der Waals surface area contributed by atoms with E-state index < -0.39 is 17.7 Å². The molecule has 8 nitrogen and oxygen atoms in total. The van der Waals surface area contributed by atoms with Crippen molar-refractivity contribution in [1.29, 1.82) is 0 Å². The van der Waals surface area contributed by atoms with Crippen molar-refractivity contribution in [1.82, 2.24) is 4.98 Å². The van der Waals surface area contributed by atoms with Gasteiger partial charge in [0.15, 0.2) is 16.6 Å². The van der Waals surface area contributed by atoms with E-state index in [0.717, 1.165) is 15.8 Å². The highest BCUT2D eigenvalue weighted by molar-refractivity contribution is 7.22. The normalized spacial score (nSPS) is 16.5. The van der Waals surface area contributed by atoms with Gasteiger partial charge in [0.1, 0.15) is 11.5 Å². The number of rotatable bonds is 8. The van der Waals surface area contributed by atoms with Gasteiger partial charge in [0.25, 0.3) is 5.78 Å². The lowest BCUT2D eigenvalue weighted by atomic mass is 9.93. The van der Waals surface area contributed by atoms with Crippen LogP contribution in [0, 0.1) is 13.8 Å². The molecule has 0 bridgehead atoms. The summed E-state index contributed by atoms with van der Waals surface area (Å²) in [7, 11) is 1.53. The number of Topliss-reactive ketones (excluding diaryl/α,β-unsaturated/α-hetero) is 1. The van der Waals surface area contributed by atoms with E-state index in [4.69, 9.17) is 19.2 Å². The number of amides is 1. The second-order valence-electron chi connectivity index (χ2n) is 9.39. The molecule has 2 heterocycles. The van der Waals surface area contributed by atoms with E-state index in [1.807, 2.05) is 58.0 Å². The molecule has 0 aliphatic carbocycles. The topological polar surface area (TPSA) is 98.2 Å². The molecule has 5 rings (SSSR count). The zero-order valence-corrected chi connectivity index (χ0v) is 23.8. The first kappa shape index (κ1) is 27.2. The van der Waals surface area contributed by atoms with Gasteiger partial charge < -0.3 is 19.3 Å². The molecule has 0 radical (unpaired) electrons.